The Kier molecular flexibility index (Phi) is 2.43. The van der Waals surface area contributed by atoms with E-state index in [1.807, 2.05) is 4.57 Å². The topological polar surface area (TPSA) is 41.7 Å². The highest BCUT2D eigenvalue weighted by atomic mass is 15.1. The quantitative estimate of drug-likeness (QED) is 0.681. The lowest BCUT2D eigenvalue weighted by molar-refractivity contribution is 0.764. The summed E-state index contributed by atoms with van der Waals surface area (Å²) in [6.07, 6.45) is 4.65. The molecule has 0 fully saturated rings. The summed E-state index contributed by atoms with van der Waals surface area (Å²) in [4.78, 5) is 4.20. The largest absolute Gasteiger partial charge is 0.307 e. The zero-order valence-electron chi connectivity index (χ0n) is 7.41. The van der Waals surface area contributed by atoms with E-state index in [0.29, 0.717) is 5.92 Å². The van der Waals surface area contributed by atoms with Crippen LogP contribution in [0.5, 0.6) is 0 Å². The first-order valence-corrected chi connectivity index (χ1v) is 3.90. The van der Waals surface area contributed by atoms with Crippen LogP contribution in [0.1, 0.15) is 31.3 Å². The van der Waals surface area contributed by atoms with Crippen LogP contribution in [0.4, 0.5) is 0 Å². The number of aromatic nitrogens is 2. The van der Waals surface area contributed by atoms with Crippen LogP contribution in [-0.2, 0) is 0 Å². The molecule has 3 heteroatoms. The fourth-order valence-electron chi connectivity index (χ4n) is 1.12. The molecule has 1 N–H and O–H groups in total. The van der Waals surface area contributed by atoms with Gasteiger partial charge in [-0.1, -0.05) is 20.4 Å². The van der Waals surface area contributed by atoms with Gasteiger partial charge in [0.25, 0.3) is 0 Å². The Hall–Kier alpha value is -1.38. The Morgan fingerprint density at radius 1 is 1.67 bits per heavy atom. The summed E-state index contributed by atoms with van der Waals surface area (Å²) in [6, 6.07) is 0. The Balaban J connectivity index is 3.22. The molecular formula is C9H13N3. The van der Waals surface area contributed by atoms with Crippen LogP contribution in [-0.4, -0.2) is 15.8 Å². The highest BCUT2D eigenvalue weighted by molar-refractivity contribution is 5.75. The van der Waals surface area contributed by atoms with Crippen molar-refractivity contribution in [3.8, 4) is 0 Å². The lowest BCUT2D eigenvalue weighted by Gasteiger charge is -2.05. The third-order valence-electron chi connectivity index (χ3n) is 1.70. The van der Waals surface area contributed by atoms with E-state index in [4.69, 9.17) is 5.41 Å². The molecule has 1 rings (SSSR count). The molecule has 1 aromatic rings. The Bertz CT molecular complexity index is 297. The predicted molar refractivity (Wildman–Crippen MR) is 50.6 cm³/mol. The van der Waals surface area contributed by atoms with Crippen molar-refractivity contribution in [1.82, 2.24) is 9.55 Å². The van der Waals surface area contributed by atoms with Crippen LogP contribution in [0.3, 0.4) is 0 Å². The standard InChI is InChI=1S/C9H13N3/c1-4-12-8(5-10)6-11-9(12)7(2)3/h4-7,10H,1H2,2-3H3. The minimum absolute atomic E-state index is 0.358. The molecule has 1 heterocycles. The smallest absolute Gasteiger partial charge is 0.115 e. The third-order valence-corrected chi connectivity index (χ3v) is 1.70. The average Bonchev–Trinajstić information content (AvgIpc) is 2.46. The summed E-state index contributed by atoms with van der Waals surface area (Å²) >= 11 is 0. The van der Waals surface area contributed by atoms with Gasteiger partial charge in [-0.2, -0.15) is 0 Å². The number of imidazole rings is 1. The van der Waals surface area contributed by atoms with Crippen LogP contribution in [0.15, 0.2) is 12.8 Å². The van der Waals surface area contributed by atoms with E-state index in [9.17, 15) is 0 Å². The van der Waals surface area contributed by atoms with E-state index >= 15 is 0 Å². The van der Waals surface area contributed by atoms with Crippen LogP contribution in [0.2, 0.25) is 0 Å². The summed E-state index contributed by atoms with van der Waals surface area (Å²) in [5, 5.41) is 7.11. The molecule has 0 unspecified atom stereocenters. The Labute approximate surface area is 72.3 Å². The van der Waals surface area contributed by atoms with Crippen molar-refractivity contribution in [2.75, 3.05) is 0 Å². The van der Waals surface area contributed by atoms with Gasteiger partial charge >= 0.3 is 0 Å². The first-order chi connectivity index (χ1) is 5.70. The van der Waals surface area contributed by atoms with E-state index < -0.39 is 0 Å². The predicted octanol–water partition coefficient (Wildman–Crippen LogP) is 2.10. The molecule has 0 radical (unpaired) electrons. The molecule has 0 aromatic carbocycles. The lowest BCUT2D eigenvalue weighted by Crippen LogP contribution is -2.01. The van der Waals surface area contributed by atoms with E-state index in [0.717, 1.165) is 11.5 Å². The second-order valence-electron chi connectivity index (χ2n) is 2.89. The molecule has 0 amide bonds. The monoisotopic (exact) mass is 163 g/mol. The summed E-state index contributed by atoms with van der Waals surface area (Å²) in [6.45, 7) is 7.81. The van der Waals surface area contributed by atoms with Crippen LogP contribution in [0.25, 0.3) is 6.20 Å². The van der Waals surface area contributed by atoms with Crippen molar-refractivity contribution in [3.05, 3.63) is 24.3 Å². The normalized spacial score (nSPS) is 10.2. The molecule has 3 nitrogen and oxygen atoms in total. The van der Waals surface area contributed by atoms with Crippen LogP contribution < -0.4 is 0 Å². The maximum Gasteiger partial charge on any atom is 0.115 e. The van der Waals surface area contributed by atoms with Gasteiger partial charge in [0.2, 0.25) is 0 Å². The SMILES string of the molecule is C=Cn1c(C=N)cnc1C(C)C. The van der Waals surface area contributed by atoms with Gasteiger partial charge < -0.3 is 9.98 Å². The van der Waals surface area contributed by atoms with E-state index in [2.05, 4.69) is 25.4 Å². The van der Waals surface area contributed by atoms with Crippen molar-refractivity contribution in [1.29, 1.82) is 5.41 Å². The highest BCUT2D eigenvalue weighted by Gasteiger charge is 2.08. The highest BCUT2D eigenvalue weighted by Crippen LogP contribution is 2.14. The van der Waals surface area contributed by atoms with Gasteiger partial charge in [0.05, 0.1) is 11.9 Å². The Morgan fingerprint density at radius 3 is 2.75 bits per heavy atom. The van der Waals surface area contributed by atoms with E-state index in [1.54, 1.807) is 12.4 Å². The van der Waals surface area contributed by atoms with E-state index in [1.165, 1.54) is 6.21 Å². The number of nitrogens with one attached hydrogen (secondary N) is 1. The fourth-order valence-corrected chi connectivity index (χ4v) is 1.12. The van der Waals surface area contributed by atoms with Gasteiger partial charge in [0.1, 0.15) is 5.82 Å². The molecule has 0 aliphatic heterocycles. The number of nitrogens with zero attached hydrogens (tertiary/aromatic N) is 2. The zero-order valence-corrected chi connectivity index (χ0v) is 7.41. The van der Waals surface area contributed by atoms with Crippen molar-refractivity contribution < 1.29 is 0 Å². The maximum absolute atomic E-state index is 7.11. The molecule has 0 bridgehead atoms. The molecule has 0 aliphatic rings. The molecule has 1 aromatic heterocycles. The van der Waals surface area contributed by atoms with Crippen LogP contribution >= 0.6 is 0 Å². The second kappa shape index (κ2) is 3.34. The minimum atomic E-state index is 0.358. The van der Waals surface area contributed by atoms with Gasteiger partial charge in [-0.15, -0.1) is 0 Å². The molecule has 0 aliphatic carbocycles. The Morgan fingerprint density at radius 2 is 2.33 bits per heavy atom. The number of hydrogen-bond donors (Lipinski definition) is 1. The van der Waals surface area contributed by atoms with E-state index in [-0.39, 0.29) is 0 Å². The fraction of sp³-hybridized carbons (Fsp3) is 0.333. The molecule has 12 heavy (non-hydrogen) atoms. The molecule has 0 saturated heterocycles. The van der Waals surface area contributed by atoms with Crippen molar-refractivity contribution >= 4 is 12.4 Å². The second-order valence-corrected chi connectivity index (χ2v) is 2.89. The average molecular weight is 163 g/mol. The molecular weight excluding hydrogens is 150 g/mol. The number of hydrogen-bond acceptors (Lipinski definition) is 2. The minimum Gasteiger partial charge on any atom is -0.307 e. The van der Waals surface area contributed by atoms with Gasteiger partial charge in [-0.05, 0) is 0 Å². The summed E-state index contributed by atoms with van der Waals surface area (Å²) < 4.78 is 1.83. The first-order valence-electron chi connectivity index (χ1n) is 3.90. The van der Waals surface area contributed by atoms with Crippen molar-refractivity contribution in [2.45, 2.75) is 19.8 Å². The van der Waals surface area contributed by atoms with Crippen molar-refractivity contribution in [2.24, 2.45) is 0 Å². The summed E-state index contributed by atoms with van der Waals surface area (Å²) in [5.74, 6) is 1.31. The van der Waals surface area contributed by atoms with Gasteiger partial charge in [0, 0.05) is 18.3 Å². The summed E-state index contributed by atoms with van der Waals surface area (Å²) in [7, 11) is 0. The molecule has 0 saturated carbocycles. The third kappa shape index (κ3) is 1.30. The van der Waals surface area contributed by atoms with Crippen molar-refractivity contribution in [3.63, 3.8) is 0 Å². The summed E-state index contributed by atoms with van der Waals surface area (Å²) in [5.41, 5.74) is 0.772. The molecule has 0 atom stereocenters. The van der Waals surface area contributed by atoms with Gasteiger partial charge in [0.15, 0.2) is 0 Å². The lowest BCUT2D eigenvalue weighted by atomic mass is 10.2. The van der Waals surface area contributed by atoms with Gasteiger partial charge in [-0.3, -0.25) is 0 Å². The van der Waals surface area contributed by atoms with Gasteiger partial charge in [-0.25, -0.2) is 4.98 Å². The number of rotatable bonds is 3. The van der Waals surface area contributed by atoms with Crippen LogP contribution in [0, 0.1) is 5.41 Å². The zero-order chi connectivity index (χ0) is 9.14. The first kappa shape index (κ1) is 8.71. The maximum atomic E-state index is 7.11. The molecule has 64 valence electrons. The molecule has 0 spiro atoms.